The van der Waals surface area contributed by atoms with E-state index in [1.807, 2.05) is 30.3 Å². The van der Waals surface area contributed by atoms with E-state index in [0.29, 0.717) is 30.1 Å². The molecule has 0 atom stereocenters. The number of rotatable bonds is 4. The minimum absolute atomic E-state index is 0.200. The van der Waals surface area contributed by atoms with Crippen LogP contribution < -0.4 is 10.2 Å². The number of carbonyl (C=O) groups is 2. The van der Waals surface area contributed by atoms with Gasteiger partial charge in [0.2, 0.25) is 0 Å². The van der Waals surface area contributed by atoms with Gasteiger partial charge in [-0.1, -0.05) is 6.07 Å². The first kappa shape index (κ1) is 17.9. The molecule has 1 saturated heterocycles. The summed E-state index contributed by atoms with van der Waals surface area (Å²) in [5.74, 6) is -0.200. The molecule has 0 spiro atoms. The predicted molar refractivity (Wildman–Crippen MR) is 108 cm³/mol. The Labute approximate surface area is 163 Å². The standard InChI is InChI=1S/C22H21N3O3/c1-15-6-7-16(2)25(15)19-10-8-17(9-11-19)21(26)23-18-4-3-5-20(14-18)24-12-13-28-22(24)27/h3-11,14H,12-13H2,1-2H3,(H,23,26). The average molecular weight is 375 g/mol. The van der Waals surface area contributed by atoms with Crippen molar-refractivity contribution in [1.82, 2.24) is 4.57 Å². The Morgan fingerprint density at radius 2 is 1.68 bits per heavy atom. The van der Waals surface area contributed by atoms with Crippen LogP contribution in [0.4, 0.5) is 16.2 Å². The summed E-state index contributed by atoms with van der Waals surface area (Å²) < 4.78 is 7.11. The van der Waals surface area contributed by atoms with Crippen molar-refractivity contribution in [2.45, 2.75) is 13.8 Å². The van der Waals surface area contributed by atoms with Crippen molar-refractivity contribution < 1.29 is 14.3 Å². The highest BCUT2D eigenvalue weighted by Gasteiger charge is 2.23. The molecule has 1 fully saturated rings. The number of cyclic esters (lactones) is 1. The van der Waals surface area contributed by atoms with Crippen molar-refractivity contribution in [2.75, 3.05) is 23.4 Å². The molecular formula is C22H21N3O3. The van der Waals surface area contributed by atoms with Crippen molar-refractivity contribution >= 4 is 23.4 Å². The fraction of sp³-hybridized carbons (Fsp3) is 0.182. The summed E-state index contributed by atoms with van der Waals surface area (Å²) >= 11 is 0. The van der Waals surface area contributed by atoms with Crippen molar-refractivity contribution in [3.63, 3.8) is 0 Å². The normalized spacial score (nSPS) is 13.5. The lowest BCUT2D eigenvalue weighted by Gasteiger charge is -2.14. The number of amides is 2. The van der Waals surface area contributed by atoms with Gasteiger partial charge >= 0.3 is 6.09 Å². The van der Waals surface area contributed by atoms with Crippen LogP contribution in [0.25, 0.3) is 5.69 Å². The molecule has 4 rings (SSSR count). The minimum Gasteiger partial charge on any atom is -0.447 e. The second kappa shape index (κ2) is 7.23. The van der Waals surface area contributed by atoms with E-state index < -0.39 is 0 Å². The Balaban J connectivity index is 1.50. The van der Waals surface area contributed by atoms with Gasteiger partial charge in [0.15, 0.2) is 0 Å². The van der Waals surface area contributed by atoms with E-state index in [-0.39, 0.29) is 12.0 Å². The molecule has 0 aliphatic carbocycles. The average Bonchev–Trinajstić information content (AvgIpc) is 3.27. The zero-order valence-corrected chi connectivity index (χ0v) is 15.8. The highest BCUT2D eigenvalue weighted by molar-refractivity contribution is 6.04. The summed E-state index contributed by atoms with van der Waals surface area (Å²) in [5, 5.41) is 2.89. The van der Waals surface area contributed by atoms with Gasteiger partial charge in [0.25, 0.3) is 5.91 Å². The summed E-state index contributed by atoms with van der Waals surface area (Å²) in [5.41, 5.74) is 5.21. The molecule has 6 heteroatoms. The van der Waals surface area contributed by atoms with Crippen LogP contribution in [0.1, 0.15) is 21.7 Å². The molecule has 0 saturated carbocycles. The quantitative estimate of drug-likeness (QED) is 0.739. The number of hydrogen-bond donors (Lipinski definition) is 1. The van der Waals surface area contributed by atoms with Gasteiger partial charge in [0, 0.05) is 34.0 Å². The van der Waals surface area contributed by atoms with Gasteiger partial charge in [0.05, 0.1) is 6.54 Å². The van der Waals surface area contributed by atoms with E-state index in [1.165, 1.54) is 0 Å². The number of hydrogen-bond acceptors (Lipinski definition) is 3. The highest BCUT2D eigenvalue weighted by Crippen LogP contribution is 2.23. The molecule has 0 bridgehead atoms. The SMILES string of the molecule is Cc1ccc(C)n1-c1ccc(C(=O)Nc2cccc(N3CCOC3=O)c2)cc1. The van der Waals surface area contributed by atoms with Crippen molar-refractivity contribution in [2.24, 2.45) is 0 Å². The lowest BCUT2D eigenvalue weighted by molar-refractivity contribution is 0.102. The van der Waals surface area contributed by atoms with Gasteiger partial charge in [-0.15, -0.1) is 0 Å². The summed E-state index contributed by atoms with van der Waals surface area (Å²) in [6.45, 7) is 4.99. The second-order valence-corrected chi connectivity index (χ2v) is 6.77. The second-order valence-electron chi connectivity index (χ2n) is 6.77. The number of aryl methyl sites for hydroxylation is 2. The van der Waals surface area contributed by atoms with Gasteiger partial charge in [0.1, 0.15) is 6.61 Å². The number of anilines is 2. The summed E-state index contributed by atoms with van der Waals surface area (Å²) in [7, 11) is 0. The fourth-order valence-electron chi connectivity index (χ4n) is 3.42. The predicted octanol–water partition coefficient (Wildman–Crippen LogP) is 4.30. The molecule has 6 nitrogen and oxygen atoms in total. The Hall–Kier alpha value is -3.54. The van der Waals surface area contributed by atoms with Gasteiger partial charge in [-0.25, -0.2) is 4.79 Å². The number of aromatic nitrogens is 1. The first-order chi connectivity index (χ1) is 13.5. The summed E-state index contributed by atoms with van der Waals surface area (Å²) in [6.07, 6.45) is -0.366. The van der Waals surface area contributed by atoms with Crippen LogP contribution in [-0.2, 0) is 4.74 Å². The molecule has 0 radical (unpaired) electrons. The van der Waals surface area contributed by atoms with E-state index in [0.717, 1.165) is 17.1 Å². The number of nitrogens with zero attached hydrogens (tertiary/aromatic N) is 2. The molecule has 28 heavy (non-hydrogen) atoms. The monoisotopic (exact) mass is 375 g/mol. The molecule has 3 aromatic rings. The summed E-state index contributed by atoms with van der Waals surface area (Å²) in [4.78, 5) is 25.9. The highest BCUT2D eigenvalue weighted by atomic mass is 16.6. The zero-order valence-electron chi connectivity index (χ0n) is 15.8. The maximum atomic E-state index is 12.6. The Morgan fingerprint density at radius 1 is 0.964 bits per heavy atom. The molecule has 1 aromatic heterocycles. The molecule has 2 amide bonds. The van der Waals surface area contributed by atoms with E-state index in [1.54, 1.807) is 23.1 Å². The Bertz CT molecular complexity index is 1020. The lowest BCUT2D eigenvalue weighted by atomic mass is 10.1. The van der Waals surface area contributed by atoms with E-state index in [4.69, 9.17) is 4.74 Å². The molecule has 1 aliphatic heterocycles. The Morgan fingerprint density at radius 3 is 2.32 bits per heavy atom. The van der Waals surface area contributed by atoms with E-state index >= 15 is 0 Å². The van der Waals surface area contributed by atoms with Crippen LogP contribution in [0.3, 0.4) is 0 Å². The van der Waals surface area contributed by atoms with E-state index in [9.17, 15) is 9.59 Å². The third-order valence-corrected chi connectivity index (χ3v) is 4.84. The van der Waals surface area contributed by atoms with Crippen LogP contribution in [0.2, 0.25) is 0 Å². The number of carbonyl (C=O) groups excluding carboxylic acids is 2. The maximum Gasteiger partial charge on any atom is 0.414 e. The van der Waals surface area contributed by atoms with Crippen molar-refractivity contribution in [1.29, 1.82) is 0 Å². The molecular weight excluding hydrogens is 354 g/mol. The topological polar surface area (TPSA) is 63.6 Å². The van der Waals surface area contributed by atoms with Crippen LogP contribution in [0.5, 0.6) is 0 Å². The van der Waals surface area contributed by atoms with Crippen molar-refractivity contribution in [3.8, 4) is 5.69 Å². The smallest absolute Gasteiger partial charge is 0.414 e. The van der Waals surface area contributed by atoms with Gasteiger partial charge in [-0.05, 0) is 68.4 Å². The first-order valence-corrected chi connectivity index (χ1v) is 9.14. The maximum absolute atomic E-state index is 12.6. The zero-order chi connectivity index (χ0) is 19.7. The number of benzene rings is 2. The van der Waals surface area contributed by atoms with Gasteiger partial charge < -0.3 is 14.6 Å². The fourth-order valence-corrected chi connectivity index (χ4v) is 3.42. The molecule has 0 unspecified atom stereocenters. The third kappa shape index (κ3) is 3.36. The third-order valence-electron chi connectivity index (χ3n) is 4.84. The lowest BCUT2D eigenvalue weighted by Crippen LogP contribution is -2.23. The molecule has 142 valence electrons. The molecule has 2 heterocycles. The summed E-state index contributed by atoms with van der Waals surface area (Å²) in [6, 6.07) is 18.8. The number of nitrogens with one attached hydrogen (secondary N) is 1. The minimum atomic E-state index is -0.366. The molecule has 2 aromatic carbocycles. The largest absolute Gasteiger partial charge is 0.447 e. The van der Waals surface area contributed by atoms with Crippen LogP contribution in [-0.4, -0.2) is 29.7 Å². The van der Waals surface area contributed by atoms with Crippen LogP contribution in [0, 0.1) is 13.8 Å². The van der Waals surface area contributed by atoms with Gasteiger partial charge in [-0.2, -0.15) is 0 Å². The van der Waals surface area contributed by atoms with Gasteiger partial charge in [-0.3, -0.25) is 9.69 Å². The van der Waals surface area contributed by atoms with Crippen LogP contribution >= 0.6 is 0 Å². The van der Waals surface area contributed by atoms with Crippen LogP contribution in [0.15, 0.2) is 60.7 Å². The number of ether oxygens (including phenoxy) is 1. The van der Waals surface area contributed by atoms with Crippen molar-refractivity contribution in [3.05, 3.63) is 77.6 Å². The van der Waals surface area contributed by atoms with E-state index in [2.05, 4.69) is 35.9 Å². The molecule has 1 aliphatic rings. The first-order valence-electron chi connectivity index (χ1n) is 9.14. The Kier molecular flexibility index (Phi) is 4.61. The molecule has 1 N–H and O–H groups in total.